The Morgan fingerprint density at radius 2 is 0.785 bits per heavy atom. The van der Waals surface area contributed by atoms with Crippen molar-refractivity contribution in [1.29, 1.82) is 0 Å². The van der Waals surface area contributed by atoms with E-state index >= 15 is 0 Å². The van der Waals surface area contributed by atoms with E-state index in [0.29, 0.717) is 270 Å². The lowest BCUT2D eigenvalue weighted by Crippen LogP contribution is -2.51. The number of nitrogens with one attached hydrogen (secondary N) is 1. The molecule has 8 atom stereocenters. The molecular formula is C70H136N2O21. The molecule has 3 saturated carbocycles. The number of ether oxygens (including phenoxy) is 20. The van der Waals surface area contributed by atoms with Crippen LogP contribution >= 0.6 is 0 Å². The topological polar surface area (TPSA) is 240 Å². The predicted molar refractivity (Wildman–Crippen MR) is 359 cm³/mol. The van der Waals surface area contributed by atoms with E-state index < -0.39 is 0 Å². The number of carbonyl (C=O) groups is 1. The molecule has 4 aliphatic carbocycles. The van der Waals surface area contributed by atoms with Crippen molar-refractivity contribution < 1.29 is 101 Å². The van der Waals surface area contributed by atoms with Crippen LogP contribution in [0, 0.1) is 46.3 Å². The van der Waals surface area contributed by atoms with Gasteiger partial charge in [0.2, 0.25) is 0 Å². The van der Waals surface area contributed by atoms with Crippen LogP contribution in [0.3, 0.4) is 0 Å². The number of amides is 1. The number of hydrogen-bond acceptors (Lipinski definition) is 22. The van der Waals surface area contributed by atoms with Crippen molar-refractivity contribution >= 4 is 6.09 Å². The lowest BCUT2D eigenvalue weighted by molar-refractivity contribution is -0.0581. The summed E-state index contributed by atoms with van der Waals surface area (Å²) in [6.45, 7) is 36.1. The molecule has 23 nitrogen and oxygen atoms in total. The minimum Gasteiger partial charge on any atom is -0.446 e. The lowest BCUT2D eigenvalue weighted by Gasteiger charge is -2.58. The summed E-state index contributed by atoms with van der Waals surface area (Å²) in [5, 5.41) is 2.89. The number of hydrogen-bond donors (Lipinski definition) is 2. The fourth-order valence-electron chi connectivity index (χ4n) is 13.3. The maximum Gasteiger partial charge on any atom is 0.407 e. The highest BCUT2D eigenvalue weighted by atomic mass is 16.6. The molecule has 4 rings (SSSR count). The van der Waals surface area contributed by atoms with Crippen molar-refractivity contribution in [2.45, 2.75) is 125 Å². The van der Waals surface area contributed by atoms with E-state index in [9.17, 15) is 4.79 Å². The van der Waals surface area contributed by atoms with Gasteiger partial charge in [-0.15, -0.1) is 0 Å². The van der Waals surface area contributed by atoms with Gasteiger partial charge in [-0.2, -0.15) is 0 Å². The highest BCUT2D eigenvalue weighted by Crippen LogP contribution is 2.67. The molecule has 552 valence electrons. The van der Waals surface area contributed by atoms with Gasteiger partial charge in [0.25, 0.3) is 0 Å². The van der Waals surface area contributed by atoms with Crippen molar-refractivity contribution in [3.63, 3.8) is 0 Å². The van der Waals surface area contributed by atoms with E-state index in [1.54, 1.807) is 5.57 Å². The van der Waals surface area contributed by atoms with Gasteiger partial charge in [-0.1, -0.05) is 79.4 Å². The minimum absolute atomic E-state index is 0. The van der Waals surface area contributed by atoms with Crippen LogP contribution in [-0.2, 0) is 94.7 Å². The Kier molecular flexibility index (Phi) is 54.3. The van der Waals surface area contributed by atoms with Crippen molar-refractivity contribution in [2.75, 3.05) is 264 Å². The zero-order valence-corrected chi connectivity index (χ0v) is 59.3. The smallest absolute Gasteiger partial charge is 0.407 e. The Morgan fingerprint density at radius 1 is 0.452 bits per heavy atom. The molecule has 0 heterocycles. The SMILES string of the molecule is CC.CC(C)CCC[C@@H](C)[C@H]1CC[C@H]2[C@@H]3CC=C4C[C@@H](OC(=O)NCCOCCOCCOCCOCCOCCOCCOCCOCCOCCOCCOCCOCCOCCOCCOCCOCCOCCOCCOCCN)CC[C@]4(C)C3CC[C@]12C.[HH]. The highest BCUT2D eigenvalue weighted by molar-refractivity contribution is 5.67. The molecule has 0 aromatic carbocycles. The van der Waals surface area contributed by atoms with Gasteiger partial charge in [0.15, 0.2) is 0 Å². The van der Waals surface area contributed by atoms with Crippen molar-refractivity contribution in [2.24, 2.45) is 52.1 Å². The van der Waals surface area contributed by atoms with Crippen LogP contribution < -0.4 is 11.1 Å². The summed E-state index contributed by atoms with van der Waals surface area (Å²) < 4.78 is 111. The maximum atomic E-state index is 12.8. The fourth-order valence-corrected chi connectivity index (χ4v) is 13.3. The van der Waals surface area contributed by atoms with E-state index in [1.165, 1.54) is 51.4 Å². The van der Waals surface area contributed by atoms with Crippen LogP contribution in [-0.4, -0.2) is 276 Å². The number of fused-ring (bicyclic) bond motifs is 5. The Balaban J connectivity index is 0.00000993. The Morgan fingerprint density at radius 3 is 1.12 bits per heavy atom. The standard InChI is InChI=1S/C68H128N2O21.C2H6.H2/c1-58(2)7-6-8-59(3)63-11-12-64-62-10-9-60-57-61(13-15-67(60,4)65(62)14-16-68(63,64)5)91-66(71)70-18-20-73-22-24-75-26-28-77-30-32-79-34-36-81-38-40-83-42-44-85-46-48-87-50-52-89-54-56-90-55-53-88-51-49-86-47-45-84-43-41-82-39-37-80-35-33-78-31-29-76-27-25-74-23-21-72-19-17-69;1-2;/h9,58-59,61-65H,6-8,10-57,69H2,1-5H3,(H,70,71);1-2H3;1H/t59-,61+,62+,63-,64+,65?,67+,68-;;/m1../s1. The molecule has 0 saturated heterocycles. The molecule has 0 spiro atoms. The van der Waals surface area contributed by atoms with E-state index in [2.05, 4.69) is 46.0 Å². The number of alkyl carbamates (subject to hydrolysis) is 1. The van der Waals surface area contributed by atoms with Gasteiger partial charge >= 0.3 is 6.09 Å². The molecule has 0 aromatic heterocycles. The molecule has 1 unspecified atom stereocenters. The molecule has 0 radical (unpaired) electrons. The van der Waals surface area contributed by atoms with Crippen LogP contribution in [0.5, 0.6) is 0 Å². The molecule has 3 fully saturated rings. The summed E-state index contributed by atoms with van der Waals surface area (Å²) >= 11 is 0. The van der Waals surface area contributed by atoms with Crippen LogP contribution in [0.2, 0.25) is 0 Å². The zero-order valence-electron chi connectivity index (χ0n) is 59.3. The quantitative estimate of drug-likeness (QED) is 0.0427. The Hall–Kier alpha value is -1.79. The van der Waals surface area contributed by atoms with Gasteiger partial charge in [-0.25, -0.2) is 4.79 Å². The van der Waals surface area contributed by atoms with Gasteiger partial charge in [-0.3, -0.25) is 0 Å². The monoisotopic (exact) mass is 1340 g/mol. The van der Waals surface area contributed by atoms with E-state index in [0.717, 1.165) is 54.8 Å². The molecule has 93 heavy (non-hydrogen) atoms. The molecule has 23 heteroatoms. The third-order valence-electron chi connectivity index (χ3n) is 18.0. The second kappa shape index (κ2) is 59.1. The van der Waals surface area contributed by atoms with E-state index in [-0.39, 0.29) is 19.0 Å². The summed E-state index contributed by atoms with van der Waals surface area (Å²) in [6, 6.07) is 0. The summed E-state index contributed by atoms with van der Waals surface area (Å²) in [4.78, 5) is 12.8. The van der Waals surface area contributed by atoms with Crippen LogP contribution in [0.1, 0.15) is 121 Å². The maximum absolute atomic E-state index is 12.8. The Labute approximate surface area is 563 Å². The molecule has 4 aliphatic rings. The molecule has 0 aliphatic heterocycles. The van der Waals surface area contributed by atoms with Crippen LogP contribution in [0.4, 0.5) is 4.79 Å². The van der Waals surface area contributed by atoms with Crippen LogP contribution in [0.15, 0.2) is 11.6 Å². The van der Waals surface area contributed by atoms with Gasteiger partial charge in [0.1, 0.15) is 6.10 Å². The molecular weight excluding hydrogens is 1200 g/mol. The summed E-state index contributed by atoms with van der Waals surface area (Å²) in [7, 11) is 0. The number of rotatable bonds is 65. The molecule has 0 aromatic rings. The summed E-state index contributed by atoms with van der Waals surface area (Å²) in [5.74, 6) is 4.94. The molecule has 1 amide bonds. The average Bonchev–Trinajstić information content (AvgIpc) is 1.36. The van der Waals surface area contributed by atoms with Gasteiger partial charge in [-0.05, 0) is 91.3 Å². The number of allylic oxidation sites excluding steroid dienone is 1. The third kappa shape index (κ3) is 40.8. The van der Waals surface area contributed by atoms with E-state index in [4.69, 9.17) is 100 Å². The average molecular weight is 1340 g/mol. The number of carbonyl (C=O) groups excluding carboxylic acids is 1. The van der Waals surface area contributed by atoms with Gasteiger partial charge < -0.3 is 106 Å². The molecule has 3 N–H and O–H groups in total. The second-order valence-corrected chi connectivity index (χ2v) is 24.9. The van der Waals surface area contributed by atoms with Gasteiger partial charge in [0.05, 0.1) is 251 Å². The second-order valence-electron chi connectivity index (χ2n) is 24.9. The Bertz CT molecular complexity index is 1720. The minimum atomic E-state index is -0.347. The first-order chi connectivity index (χ1) is 45.7. The first-order valence-electron chi connectivity index (χ1n) is 36.0. The first kappa shape index (κ1) is 85.4. The molecule has 0 bridgehead atoms. The van der Waals surface area contributed by atoms with Crippen molar-refractivity contribution in [1.82, 2.24) is 5.32 Å². The van der Waals surface area contributed by atoms with Gasteiger partial charge in [0, 0.05) is 20.9 Å². The highest BCUT2D eigenvalue weighted by Gasteiger charge is 2.59. The third-order valence-corrected chi connectivity index (χ3v) is 18.0. The summed E-state index contributed by atoms with van der Waals surface area (Å²) in [5.41, 5.74) is 7.64. The fraction of sp³-hybridized carbons (Fsp3) is 0.957. The lowest BCUT2D eigenvalue weighted by atomic mass is 9.47. The first-order valence-corrected chi connectivity index (χ1v) is 36.0. The zero-order chi connectivity index (χ0) is 66.8. The van der Waals surface area contributed by atoms with E-state index in [1.807, 2.05) is 13.8 Å². The van der Waals surface area contributed by atoms with Crippen LogP contribution in [0.25, 0.3) is 0 Å². The van der Waals surface area contributed by atoms with Crippen molar-refractivity contribution in [3.8, 4) is 0 Å². The largest absolute Gasteiger partial charge is 0.446 e. The predicted octanol–water partition coefficient (Wildman–Crippen LogP) is 8.67. The summed E-state index contributed by atoms with van der Waals surface area (Å²) in [6.07, 6.45) is 16.0. The number of nitrogens with two attached hydrogens (primary N) is 1. The van der Waals surface area contributed by atoms with Crippen molar-refractivity contribution in [3.05, 3.63) is 11.6 Å². The normalized spacial score (nSPS) is 22.1.